The summed E-state index contributed by atoms with van der Waals surface area (Å²) >= 11 is 0. The molecule has 1 saturated heterocycles. The molecule has 5 rings (SSSR count). The first-order chi connectivity index (χ1) is 17.9. The average molecular weight is 507 g/mol. The van der Waals surface area contributed by atoms with E-state index < -0.39 is 12.3 Å². The molecule has 0 spiro atoms. The number of anilines is 2. The zero-order valence-electron chi connectivity index (χ0n) is 21.2. The van der Waals surface area contributed by atoms with E-state index in [0.29, 0.717) is 17.1 Å². The van der Waals surface area contributed by atoms with Crippen LogP contribution in [0.15, 0.2) is 36.8 Å². The fourth-order valence-electron chi connectivity index (χ4n) is 4.50. The van der Waals surface area contributed by atoms with Gasteiger partial charge >= 0.3 is 0 Å². The quantitative estimate of drug-likeness (QED) is 0.449. The first-order valence-corrected chi connectivity index (χ1v) is 12.3. The van der Waals surface area contributed by atoms with Gasteiger partial charge in [0.05, 0.1) is 0 Å². The number of H-pyrrole nitrogens is 1. The molecule has 3 N–H and O–H groups in total. The highest BCUT2D eigenvalue weighted by Crippen LogP contribution is 2.35. The molecule has 3 aromatic heterocycles. The number of piperazine rings is 1. The van der Waals surface area contributed by atoms with E-state index in [1.807, 2.05) is 25.3 Å². The van der Waals surface area contributed by atoms with Crippen molar-refractivity contribution in [1.82, 2.24) is 35.1 Å². The minimum Gasteiger partial charge on any atom is -0.466 e. The van der Waals surface area contributed by atoms with E-state index >= 15 is 4.39 Å². The largest absolute Gasteiger partial charge is 0.466 e. The summed E-state index contributed by atoms with van der Waals surface area (Å²) in [7, 11) is 3.25. The lowest BCUT2D eigenvalue weighted by Gasteiger charge is -2.27. The number of aromatic amines is 1. The van der Waals surface area contributed by atoms with Gasteiger partial charge in [0.1, 0.15) is 17.7 Å². The summed E-state index contributed by atoms with van der Waals surface area (Å²) in [5, 5.41) is 6.47. The molecule has 4 heterocycles. The summed E-state index contributed by atoms with van der Waals surface area (Å²) in [6.07, 6.45) is 4.15. The van der Waals surface area contributed by atoms with E-state index in [-0.39, 0.29) is 23.2 Å². The van der Waals surface area contributed by atoms with Crippen LogP contribution in [0.2, 0.25) is 0 Å². The lowest BCUT2D eigenvalue weighted by molar-refractivity contribution is 0.0811. The minimum absolute atomic E-state index is 0.000430. The first kappa shape index (κ1) is 24.8. The normalized spacial score (nSPS) is 19.4. The molecule has 1 fully saturated rings. The fourth-order valence-corrected chi connectivity index (χ4v) is 4.50. The van der Waals surface area contributed by atoms with Crippen LogP contribution in [0.1, 0.15) is 39.0 Å². The van der Waals surface area contributed by atoms with Gasteiger partial charge in [-0.3, -0.25) is 9.69 Å². The third-order valence-electron chi connectivity index (χ3n) is 6.42. The van der Waals surface area contributed by atoms with Gasteiger partial charge in [0.15, 0.2) is 18.1 Å². The second-order valence-corrected chi connectivity index (χ2v) is 9.47. The molecular formula is C26H31FN8O2. The second kappa shape index (κ2) is 10.7. The molecular weight excluding hydrogens is 475 g/mol. The van der Waals surface area contributed by atoms with E-state index in [4.69, 9.17) is 4.74 Å². The van der Waals surface area contributed by atoms with Crippen LogP contribution in [0.25, 0.3) is 6.08 Å². The van der Waals surface area contributed by atoms with Gasteiger partial charge in [-0.15, -0.1) is 0 Å². The van der Waals surface area contributed by atoms with Crippen LogP contribution in [-0.4, -0.2) is 82.0 Å². The molecule has 1 amide bonds. The number of alkyl halides is 1. The number of aryl methyl sites for hydroxylation is 1. The Morgan fingerprint density at radius 3 is 2.78 bits per heavy atom. The van der Waals surface area contributed by atoms with Crippen LogP contribution in [0.4, 0.5) is 16.0 Å². The highest BCUT2D eigenvalue weighted by atomic mass is 19.1. The molecule has 194 valence electrons. The number of pyridine rings is 1. The Hall–Kier alpha value is -3.83. The molecule has 0 saturated carbocycles. The molecule has 2 atom stereocenters. The number of amides is 1. The van der Waals surface area contributed by atoms with E-state index in [0.717, 1.165) is 44.0 Å². The van der Waals surface area contributed by atoms with Crippen LogP contribution in [0.5, 0.6) is 5.88 Å². The molecule has 2 aliphatic rings. The van der Waals surface area contributed by atoms with Crippen molar-refractivity contribution in [3.8, 4) is 5.88 Å². The van der Waals surface area contributed by atoms with Crippen molar-refractivity contribution >= 4 is 23.6 Å². The molecule has 1 aliphatic carbocycles. The number of fused-ring (bicyclic) bond motifs is 1. The lowest BCUT2D eigenvalue weighted by atomic mass is 10.00. The molecule has 2 unspecified atom stereocenters. The number of ether oxygens (including phenoxy) is 1. The Kier molecular flexibility index (Phi) is 7.15. The number of hydrogen-bond acceptors (Lipinski definition) is 8. The van der Waals surface area contributed by atoms with Crippen molar-refractivity contribution < 1.29 is 13.9 Å². The number of nitrogens with one attached hydrogen (secondary N) is 3. The molecule has 11 heteroatoms. The van der Waals surface area contributed by atoms with Crippen LogP contribution >= 0.6 is 0 Å². The van der Waals surface area contributed by atoms with Crippen LogP contribution in [0.3, 0.4) is 0 Å². The third-order valence-corrected chi connectivity index (χ3v) is 6.42. The smallest absolute Gasteiger partial charge is 0.262 e. The Bertz CT molecular complexity index is 1280. The monoisotopic (exact) mass is 506 g/mol. The summed E-state index contributed by atoms with van der Waals surface area (Å²) in [6, 6.07) is 5.61. The highest BCUT2D eigenvalue weighted by molar-refractivity contribution is 6.01. The SMILES string of the molecule is Cc1cc2c([nH]1)C=CC(Oc1ncnc(Nc3ccc(CN4CCNCC4)cn3)c1C(=O)N(C)C)C2F. The summed E-state index contributed by atoms with van der Waals surface area (Å²) in [5.74, 6) is 0.385. The number of aromatic nitrogens is 4. The Labute approximate surface area is 215 Å². The maximum atomic E-state index is 15.3. The van der Waals surface area contributed by atoms with Crippen LogP contribution in [0, 0.1) is 6.92 Å². The number of rotatable bonds is 7. The molecule has 0 radical (unpaired) electrons. The van der Waals surface area contributed by atoms with Crippen molar-refractivity contribution in [2.75, 3.05) is 45.6 Å². The predicted molar refractivity (Wildman–Crippen MR) is 139 cm³/mol. The van der Waals surface area contributed by atoms with Crippen LogP contribution in [-0.2, 0) is 6.54 Å². The van der Waals surface area contributed by atoms with Crippen LogP contribution < -0.4 is 15.4 Å². The highest BCUT2D eigenvalue weighted by Gasteiger charge is 2.32. The summed E-state index contributed by atoms with van der Waals surface area (Å²) in [4.78, 5) is 33.0. The second-order valence-electron chi connectivity index (χ2n) is 9.47. The molecule has 0 bridgehead atoms. The molecule has 37 heavy (non-hydrogen) atoms. The van der Waals surface area contributed by atoms with E-state index in [9.17, 15) is 4.79 Å². The lowest BCUT2D eigenvalue weighted by Crippen LogP contribution is -2.42. The van der Waals surface area contributed by atoms with Crippen molar-refractivity contribution in [2.45, 2.75) is 25.7 Å². The predicted octanol–water partition coefficient (Wildman–Crippen LogP) is 2.84. The van der Waals surface area contributed by atoms with Gasteiger partial charge in [-0.25, -0.2) is 19.3 Å². The van der Waals surface area contributed by atoms with Gasteiger partial charge in [0, 0.05) is 70.0 Å². The standard InChI is InChI=1S/C26H31FN8O2/c1-16-12-18-19(32-16)5-6-20(23(18)27)37-25-22(26(36)34(2)3)24(30-15-31-25)33-21-7-4-17(13-29-21)14-35-10-8-28-9-11-35/h4-7,12-13,15,20,23,28,32H,8-11,14H2,1-3H3,(H,29,30,31,33). The van der Waals surface area contributed by atoms with Crippen molar-refractivity contribution in [2.24, 2.45) is 0 Å². The number of carbonyl (C=O) groups excluding carboxylic acids is 1. The topological polar surface area (TPSA) is 111 Å². The van der Waals surface area contributed by atoms with Gasteiger partial charge in [0.2, 0.25) is 5.88 Å². The molecule has 3 aromatic rings. The summed E-state index contributed by atoms with van der Waals surface area (Å²) in [5.41, 5.74) is 3.30. The van der Waals surface area contributed by atoms with Gasteiger partial charge in [-0.1, -0.05) is 6.07 Å². The van der Waals surface area contributed by atoms with E-state index in [2.05, 4.69) is 35.5 Å². The maximum absolute atomic E-state index is 15.3. The summed E-state index contributed by atoms with van der Waals surface area (Å²) < 4.78 is 21.3. The van der Waals surface area contributed by atoms with Gasteiger partial charge in [0.25, 0.3) is 5.91 Å². The maximum Gasteiger partial charge on any atom is 0.262 e. The van der Waals surface area contributed by atoms with Crippen molar-refractivity contribution in [3.05, 3.63) is 64.9 Å². The van der Waals surface area contributed by atoms with E-state index in [1.54, 1.807) is 32.3 Å². The molecule has 0 aromatic carbocycles. The number of hydrogen-bond donors (Lipinski definition) is 3. The van der Waals surface area contributed by atoms with Crippen molar-refractivity contribution in [3.63, 3.8) is 0 Å². The minimum atomic E-state index is -1.41. The molecule has 10 nitrogen and oxygen atoms in total. The van der Waals surface area contributed by atoms with Crippen molar-refractivity contribution in [1.29, 1.82) is 0 Å². The average Bonchev–Trinajstić information content (AvgIpc) is 3.28. The molecule has 1 aliphatic heterocycles. The Morgan fingerprint density at radius 1 is 1.24 bits per heavy atom. The van der Waals surface area contributed by atoms with Gasteiger partial charge < -0.3 is 25.3 Å². The zero-order chi connectivity index (χ0) is 25.9. The zero-order valence-corrected chi connectivity index (χ0v) is 21.2. The van der Waals surface area contributed by atoms with E-state index in [1.165, 1.54) is 11.2 Å². The number of halogens is 1. The summed E-state index contributed by atoms with van der Waals surface area (Å²) in [6.45, 7) is 6.67. The van der Waals surface area contributed by atoms with Gasteiger partial charge in [-0.2, -0.15) is 0 Å². The number of nitrogens with zero attached hydrogens (tertiary/aromatic N) is 5. The first-order valence-electron chi connectivity index (χ1n) is 12.3. The third kappa shape index (κ3) is 5.47. The Balaban J connectivity index is 1.37. The van der Waals surface area contributed by atoms with Gasteiger partial charge in [-0.05, 0) is 36.8 Å². The fraction of sp³-hybridized carbons (Fsp3) is 0.385. The number of carbonyl (C=O) groups is 1. The Morgan fingerprint density at radius 2 is 2.05 bits per heavy atom.